The van der Waals surface area contributed by atoms with Crippen LogP contribution in [0.3, 0.4) is 0 Å². The lowest BCUT2D eigenvalue weighted by molar-refractivity contribution is -0.150. The lowest BCUT2D eigenvalue weighted by Crippen LogP contribution is -2.36. The van der Waals surface area contributed by atoms with E-state index in [-0.39, 0.29) is 26.1 Å². The minimum atomic E-state index is -1.34. The molecule has 0 aromatic heterocycles. The molecule has 6 heteroatoms. The molecule has 2 aliphatic rings. The van der Waals surface area contributed by atoms with E-state index in [1.807, 2.05) is 12.2 Å². The first-order chi connectivity index (χ1) is 14.0. The first-order valence-electron chi connectivity index (χ1n) is 10.6. The van der Waals surface area contributed by atoms with Crippen molar-refractivity contribution in [2.24, 2.45) is 10.8 Å². The van der Waals surface area contributed by atoms with Crippen LogP contribution in [-0.2, 0) is 19.1 Å². The Morgan fingerprint density at radius 2 is 1.31 bits per heavy atom. The van der Waals surface area contributed by atoms with Crippen LogP contribution >= 0.6 is 0 Å². The SMILES string of the molecule is CCOC(=O)C(C#N)(CCCC(C#N)(C(=O)OCC)C1=CCCC1)C1=CCCC1. The second-order valence-electron chi connectivity index (χ2n) is 7.57. The fourth-order valence-corrected chi connectivity index (χ4v) is 4.38. The van der Waals surface area contributed by atoms with Crippen molar-refractivity contribution in [3.05, 3.63) is 23.3 Å². The quantitative estimate of drug-likeness (QED) is 0.396. The number of hydrogen-bond acceptors (Lipinski definition) is 6. The average Bonchev–Trinajstić information content (AvgIpc) is 3.44. The predicted octanol–water partition coefficient (Wildman–Crippen LogP) is 4.52. The lowest BCUT2D eigenvalue weighted by atomic mass is 9.72. The number of carbonyl (C=O) groups excluding carboxylic acids is 2. The smallest absolute Gasteiger partial charge is 0.330 e. The summed E-state index contributed by atoms with van der Waals surface area (Å²) in [4.78, 5) is 25.5. The van der Waals surface area contributed by atoms with Crippen molar-refractivity contribution in [1.82, 2.24) is 0 Å². The molecule has 0 aliphatic heterocycles. The van der Waals surface area contributed by atoms with Crippen LogP contribution in [0.1, 0.15) is 71.6 Å². The Morgan fingerprint density at radius 1 is 0.897 bits per heavy atom. The molecule has 29 heavy (non-hydrogen) atoms. The van der Waals surface area contributed by atoms with E-state index in [1.54, 1.807) is 13.8 Å². The van der Waals surface area contributed by atoms with Crippen LogP contribution in [0.25, 0.3) is 0 Å². The highest BCUT2D eigenvalue weighted by molar-refractivity contribution is 5.85. The summed E-state index contributed by atoms with van der Waals surface area (Å²) in [5, 5.41) is 19.9. The summed E-state index contributed by atoms with van der Waals surface area (Å²) in [6.45, 7) is 3.84. The van der Waals surface area contributed by atoms with Crippen LogP contribution in [0.4, 0.5) is 0 Å². The first-order valence-corrected chi connectivity index (χ1v) is 10.6. The van der Waals surface area contributed by atoms with Crippen molar-refractivity contribution >= 4 is 11.9 Å². The monoisotopic (exact) mass is 398 g/mol. The highest BCUT2D eigenvalue weighted by Gasteiger charge is 2.48. The molecule has 6 nitrogen and oxygen atoms in total. The highest BCUT2D eigenvalue weighted by atomic mass is 16.5. The predicted molar refractivity (Wildman–Crippen MR) is 107 cm³/mol. The van der Waals surface area contributed by atoms with Gasteiger partial charge in [0.25, 0.3) is 0 Å². The highest BCUT2D eigenvalue weighted by Crippen LogP contribution is 2.44. The maximum Gasteiger partial charge on any atom is 0.330 e. The van der Waals surface area contributed by atoms with E-state index in [9.17, 15) is 20.1 Å². The van der Waals surface area contributed by atoms with Gasteiger partial charge in [0, 0.05) is 0 Å². The third-order valence-electron chi connectivity index (χ3n) is 5.91. The van der Waals surface area contributed by atoms with Gasteiger partial charge in [0.05, 0.1) is 25.4 Å². The Kier molecular flexibility index (Phi) is 8.02. The Balaban J connectivity index is 2.27. The molecule has 0 spiro atoms. The summed E-state index contributed by atoms with van der Waals surface area (Å²) in [6, 6.07) is 4.43. The number of nitrogens with zero attached hydrogens (tertiary/aromatic N) is 2. The molecular formula is C23H30N2O4. The van der Waals surface area contributed by atoms with Crippen molar-refractivity contribution < 1.29 is 19.1 Å². The van der Waals surface area contributed by atoms with E-state index in [1.165, 1.54) is 0 Å². The van der Waals surface area contributed by atoms with Gasteiger partial charge in [-0.1, -0.05) is 12.2 Å². The lowest BCUT2D eigenvalue weighted by Gasteiger charge is -2.29. The van der Waals surface area contributed by atoms with Gasteiger partial charge in [-0.2, -0.15) is 10.5 Å². The Morgan fingerprint density at radius 3 is 1.59 bits per heavy atom. The fraction of sp³-hybridized carbons (Fsp3) is 0.652. The van der Waals surface area contributed by atoms with E-state index in [0.717, 1.165) is 36.8 Å². The van der Waals surface area contributed by atoms with Gasteiger partial charge in [-0.15, -0.1) is 0 Å². The Labute approximate surface area is 173 Å². The molecule has 156 valence electrons. The summed E-state index contributed by atoms with van der Waals surface area (Å²) in [6.07, 6.45) is 9.64. The number of hydrogen-bond donors (Lipinski definition) is 0. The van der Waals surface area contributed by atoms with Gasteiger partial charge in [-0.25, -0.2) is 9.59 Å². The van der Waals surface area contributed by atoms with Gasteiger partial charge in [0.15, 0.2) is 10.8 Å². The van der Waals surface area contributed by atoms with Crippen molar-refractivity contribution in [2.75, 3.05) is 13.2 Å². The molecule has 2 atom stereocenters. The van der Waals surface area contributed by atoms with Crippen LogP contribution in [0.15, 0.2) is 23.3 Å². The maximum atomic E-state index is 12.7. The zero-order valence-electron chi connectivity index (χ0n) is 17.5. The van der Waals surface area contributed by atoms with E-state index in [0.29, 0.717) is 19.3 Å². The molecule has 0 bridgehead atoms. The van der Waals surface area contributed by atoms with Gasteiger partial charge < -0.3 is 9.47 Å². The number of allylic oxidation sites excluding steroid dienone is 2. The normalized spacial score (nSPS) is 19.7. The zero-order valence-corrected chi connectivity index (χ0v) is 17.5. The van der Waals surface area contributed by atoms with Crippen molar-refractivity contribution in [1.29, 1.82) is 10.5 Å². The van der Waals surface area contributed by atoms with Gasteiger partial charge in [0.1, 0.15) is 0 Å². The minimum Gasteiger partial charge on any atom is -0.465 e. The molecule has 0 heterocycles. The molecule has 2 aliphatic carbocycles. The van der Waals surface area contributed by atoms with E-state index in [2.05, 4.69) is 12.1 Å². The molecule has 0 fully saturated rings. The standard InChI is InChI=1S/C23H30N2O4/c1-3-28-20(26)22(16-24,18-10-5-6-11-18)14-9-15-23(17-25,21(27)29-4-2)19-12-7-8-13-19/h10,12H,3-9,11,13-15H2,1-2H3. The van der Waals surface area contributed by atoms with Crippen LogP contribution < -0.4 is 0 Å². The van der Waals surface area contributed by atoms with Crippen molar-refractivity contribution in [3.63, 3.8) is 0 Å². The molecule has 0 N–H and O–H groups in total. The van der Waals surface area contributed by atoms with Crippen molar-refractivity contribution in [3.8, 4) is 12.1 Å². The molecule has 2 unspecified atom stereocenters. The first kappa shape index (κ1) is 22.7. The summed E-state index contributed by atoms with van der Waals surface area (Å²) >= 11 is 0. The van der Waals surface area contributed by atoms with E-state index >= 15 is 0 Å². The molecule has 2 rings (SSSR count). The Bertz CT molecular complexity index is 707. The summed E-state index contributed by atoms with van der Waals surface area (Å²) in [7, 11) is 0. The maximum absolute atomic E-state index is 12.7. The molecular weight excluding hydrogens is 368 g/mol. The molecule has 0 saturated carbocycles. The summed E-state index contributed by atoms with van der Waals surface area (Å²) < 4.78 is 10.5. The number of nitriles is 2. The van der Waals surface area contributed by atoms with E-state index in [4.69, 9.17) is 9.47 Å². The van der Waals surface area contributed by atoms with Crippen molar-refractivity contribution in [2.45, 2.75) is 71.6 Å². The van der Waals surface area contributed by atoms with Gasteiger partial charge in [0.2, 0.25) is 0 Å². The van der Waals surface area contributed by atoms with E-state index < -0.39 is 22.8 Å². The largest absolute Gasteiger partial charge is 0.465 e. The average molecular weight is 399 g/mol. The van der Waals surface area contributed by atoms with Gasteiger partial charge in [-0.3, -0.25) is 0 Å². The number of carbonyl (C=O) groups is 2. The summed E-state index contributed by atoms with van der Waals surface area (Å²) in [5.41, 5.74) is -1.08. The fourth-order valence-electron chi connectivity index (χ4n) is 4.38. The third kappa shape index (κ3) is 4.53. The van der Waals surface area contributed by atoms with Gasteiger partial charge in [-0.05, 0) is 82.8 Å². The minimum absolute atomic E-state index is 0.202. The third-order valence-corrected chi connectivity index (χ3v) is 5.91. The molecule has 0 saturated heterocycles. The van der Waals surface area contributed by atoms with Crippen LogP contribution in [0.5, 0.6) is 0 Å². The molecule has 0 radical (unpaired) electrons. The Hall–Kier alpha value is -2.60. The second kappa shape index (κ2) is 10.3. The topological polar surface area (TPSA) is 100 Å². The van der Waals surface area contributed by atoms with Crippen LogP contribution in [-0.4, -0.2) is 25.2 Å². The second-order valence-corrected chi connectivity index (χ2v) is 7.57. The molecule has 0 aromatic carbocycles. The van der Waals surface area contributed by atoms with Crippen LogP contribution in [0.2, 0.25) is 0 Å². The molecule has 0 aromatic rings. The number of rotatable bonds is 10. The van der Waals surface area contributed by atoms with Gasteiger partial charge >= 0.3 is 11.9 Å². The zero-order chi connectivity index (χ0) is 21.3. The summed E-state index contributed by atoms with van der Waals surface area (Å²) in [5.74, 6) is -1.07. The molecule has 0 amide bonds. The number of ether oxygens (including phenoxy) is 2. The number of esters is 2. The van der Waals surface area contributed by atoms with Crippen LogP contribution in [0, 0.1) is 33.5 Å².